The summed E-state index contributed by atoms with van der Waals surface area (Å²) >= 11 is 6.25. The molecule has 128 valence electrons. The summed E-state index contributed by atoms with van der Waals surface area (Å²) in [7, 11) is 0. The van der Waals surface area contributed by atoms with E-state index in [1.165, 1.54) is 29.6 Å². The molecule has 0 aliphatic heterocycles. The highest BCUT2D eigenvalue weighted by Crippen LogP contribution is 2.49. The maximum atomic E-state index is 13.6. The van der Waals surface area contributed by atoms with Crippen LogP contribution in [-0.4, -0.2) is 16.5 Å². The lowest BCUT2D eigenvalue weighted by Crippen LogP contribution is -2.20. The van der Waals surface area contributed by atoms with Gasteiger partial charge in [0.15, 0.2) is 0 Å². The number of hydrogen-bond acceptors (Lipinski definition) is 3. The summed E-state index contributed by atoms with van der Waals surface area (Å²) in [5, 5.41) is 6.07. The molecule has 1 aromatic heterocycles. The molecule has 1 heterocycles. The Morgan fingerprint density at radius 3 is 2.64 bits per heavy atom. The van der Waals surface area contributed by atoms with Crippen molar-refractivity contribution in [1.29, 1.82) is 0 Å². The predicted molar refractivity (Wildman–Crippen MR) is 99.9 cm³/mol. The van der Waals surface area contributed by atoms with Gasteiger partial charge in [0.1, 0.15) is 23.3 Å². The summed E-state index contributed by atoms with van der Waals surface area (Å²) in [5.41, 5.74) is 1.65. The molecular weight excluding hydrogens is 337 g/mol. The number of hydrogen-bond donors (Lipinski definition) is 1. The molecule has 2 aromatic carbocycles. The zero-order valence-electron chi connectivity index (χ0n) is 14.0. The molecule has 1 N–H and O–H groups in total. The van der Waals surface area contributed by atoms with Crippen LogP contribution in [0.2, 0.25) is 5.02 Å². The smallest absolute Gasteiger partial charge is 0.148 e. The van der Waals surface area contributed by atoms with Crippen molar-refractivity contribution in [1.82, 2.24) is 9.97 Å². The lowest BCUT2D eigenvalue weighted by Gasteiger charge is -2.19. The molecule has 4 rings (SSSR count). The number of rotatable bonds is 5. The SMILES string of the molecule is CC(F)c1ncnc(NCC2(c3ccc4ccccc4c3)CC2)c1Cl. The number of alkyl halides is 1. The van der Waals surface area contributed by atoms with Crippen molar-refractivity contribution < 1.29 is 4.39 Å². The molecule has 1 unspecified atom stereocenters. The molecular formula is C20H19ClFN3. The van der Waals surface area contributed by atoms with Crippen LogP contribution in [-0.2, 0) is 5.41 Å². The zero-order valence-corrected chi connectivity index (χ0v) is 14.7. The van der Waals surface area contributed by atoms with Gasteiger partial charge in [0.2, 0.25) is 0 Å². The van der Waals surface area contributed by atoms with Crippen LogP contribution in [0.1, 0.15) is 37.2 Å². The van der Waals surface area contributed by atoms with E-state index in [2.05, 4.69) is 57.7 Å². The van der Waals surface area contributed by atoms with E-state index in [9.17, 15) is 4.39 Å². The Bertz CT molecular complexity index is 922. The Labute approximate surface area is 151 Å². The summed E-state index contributed by atoms with van der Waals surface area (Å²) in [4.78, 5) is 8.11. The van der Waals surface area contributed by atoms with Gasteiger partial charge in [-0.15, -0.1) is 0 Å². The first-order valence-electron chi connectivity index (χ1n) is 8.47. The monoisotopic (exact) mass is 355 g/mol. The molecule has 0 bridgehead atoms. The highest BCUT2D eigenvalue weighted by Gasteiger charge is 2.44. The van der Waals surface area contributed by atoms with Gasteiger partial charge in [0.25, 0.3) is 0 Å². The van der Waals surface area contributed by atoms with E-state index in [0.717, 1.165) is 19.4 Å². The summed E-state index contributed by atoms with van der Waals surface area (Å²) < 4.78 is 13.6. The van der Waals surface area contributed by atoms with Crippen molar-refractivity contribution in [2.45, 2.75) is 31.4 Å². The van der Waals surface area contributed by atoms with E-state index in [1.807, 2.05) is 0 Å². The number of fused-ring (bicyclic) bond motifs is 1. The fourth-order valence-electron chi connectivity index (χ4n) is 3.27. The van der Waals surface area contributed by atoms with Gasteiger partial charge in [-0.3, -0.25) is 0 Å². The second kappa shape index (κ2) is 6.26. The highest BCUT2D eigenvalue weighted by atomic mass is 35.5. The number of anilines is 1. The van der Waals surface area contributed by atoms with Gasteiger partial charge in [0.05, 0.1) is 5.69 Å². The van der Waals surface area contributed by atoms with E-state index in [0.29, 0.717) is 5.82 Å². The number of halogens is 2. The molecule has 1 aliphatic rings. The number of benzene rings is 2. The third kappa shape index (κ3) is 3.07. The lowest BCUT2D eigenvalue weighted by molar-refractivity contribution is 0.365. The predicted octanol–water partition coefficient (Wildman–Crippen LogP) is 5.46. The first-order valence-corrected chi connectivity index (χ1v) is 8.84. The summed E-state index contributed by atoms with van der Waals surface area (Å²) in [5.74, 6) is 0.503. The summed E-state index contributed by atoms with van der Waals surface area (Å²) in [6.45, 7) is 2.15. The lowest BCUT2D eigenvalue weighted by atomic mass is 9.93. The van der Waals surface area contributed by atoms with Gasteiger partial charge in [-0.2, -0.15) is 0 Å². The molecule has 1 aliphatic carbocycles. The first-order chi connectivity index (χ1) is 12.1. The van der Waals surface area contributed by atoms with Crippen LogP contribution in [0.25, 0.3) is 10.8 Å². The molecule has 1 saturated carbocycles. The van der Waals surface area contributed by atoms with Gasteiger partial charge in [0, 0.05) is 12.0 Å². The minimum Gasteiger partial charge on any atom is -0.368 e. The average molecular weight is 356 g/mol. The largest absolute Gasteiger partial charge is 0.368 e. The normalized spacial score (nSPS) is 16.6. The first kappa shape index (κ1) is 16.3. The van der Waals surface area contributed by atoms with Crippen LogP contribution in [0.4, 0.5) is 10.2 Å². The van der Waals surface area contributed by atoms with E-state index in [-0.39, 0.29) is 16.1 Å². The van der Waals surface area contributed by atoms with Crippen molar-refractivity contribution in [3.8, 4) is 0 Å². The zero-order chi connectivity index (χ0) is 17.4. The maximum absolute atomic E-state index is 13.6. The third-order valence-corrected chi connectivity index (χ3v) is 5.38. The van der Waals surface area contributed by atoms with E-state index >= 15 is 0 Å². The molecule has 1 fully saturated rings. The molecule has 0 amide bonds. The van der Waals surface area contributed by atoms with Gasteiger partial charge >= 0.3 is 0 Å². The van der Waals surface area contributed by atoms with E-state index < -0.39 is 6.17 Å². The highest BCUT2D eigenvalue weighted by molar-refractivity contribution is 6.33. The number of nitrogens with one attached hydrogen (secondary N) is 1. The van der Waals surface area contributed by atoms with Crippen LogP contribution in [0, 0.1) is 0 Å². The second-order valence-electron chi connectivity index (χ2n) is 6.73. The van der Waals surface area contributed by atoms with Crippen molar-refractivity contribution >= 4 is 28.2 Å². The van der Waals surface area contributed by atoms with Gasteiger partial charge in [-0.05, 0) is 36.1 Å². The van der Waals surface area contributed by atoms with Crippen LogP contribution in [0.5, 0.6) is 0 Å². The third-order valence-electron chi connectivity index (χ3n) is 5.00. The number of nitrogens with zero attached hydrogens (tertiary/aromatic N) is 2. The fraction of sp³-hybridized carbons (Fsp3) is 0.300. The molecule has 3 aromatic rings. The summed E-state index contributed by atoms with van der Waals surface area (Å²) in [6, 6.07) is 15.0. The van der Waals surface area contributed by atoms with Gasteiger partial charge < -0.3 is 5.32 Å². The minimum atomic E-state index is -1.22. The average Bonchev–Trinajstić information content (AvgIpc) is 3.41. The fourth-order valence-corrected chi connectivity index (χ4v) is 3.59. The van der Waals surface area contributed by atoms with Crippen LogP contribution < -0.4 is 5.32 Å². The molecule has 0 spiro atoms. The topological polar surface area (TPSA) is 37.8 Å². The molecule has 5 heteroatoms. The molecule has 1 atom stereocenters. The van der Waals surface area contributed by atoms with Crippen LogP contribution in [0.15, 0.2) is 48.8 Å². The van der Waals surface area contributed by atoms with Crippen molar-refractivity contribution in [2.24, 2.45) is 0 Å². The molecule has 0 saturated heterocycles. The molecule has 25 heavy (non-hydrogen) atoms. The van der Waals surface area contributed by atoms with E-state index in [1.54, 1.807) is 0 Å². The Hall–Kier alpha value is -2.20. The molecule has 0 radical (unpaired) electrons. The van der Waals surface area contributed by atoms with Crippen molar-refractivity contribution in [3.05, 3.63) is 65.1 Å². The Kier molecular flexibility index (Phi) is 4.08. The van der Waals surface area contributed by atoms with E-state index in [4.69, 9.17) is 11.6 Å². The van der Waals surface area contributed by atoms with Gasteiger partial charge in [-0.25, -0.2) is 14.4 Å². The Morgan fingerprint density at radius 2 is 1.92 bits per heavy atom. The Morgan fingerprint density at radius 1 is 1.16 bits per heavy atom. The minimum absolute atomic E-state index is 0.0970. The maximum Gasteiger partial charge on any atom is 0.148 e. The quantitative estimate of drug-likeness (QED) is 0.660. The van der Waals surface area contributed by atoms with Gasteiger partial charge in [-0.1, -0.05) is 54.1 Å². The van der Waals surface area contributed by atoms with Crippen molar-refractivity contribution in [3.63, 3.8) is 0 Å². The van der Waals surface area contributed by atoms with Crippen LogP contribution in [0.3, 0.4) is 0 Å². The molecule has 3 nitrogen and oxygen atoms in total. The number of aromatic nitrogens is 2. The van der Waals surface area contributed by atoms with Crippen molar-refractivity contribution in [2.75, 3.05) is 11.9 Å². The standard InChI is InChI=1S/C20H19ClFN3/c1-13(22)18-17(21)19(25-12-24-18)23-11-20(8-9-20)16-7-6-14-4-2-3-5-15(14)10-16/h2-7,10,12-13H,8-9,11H2,1H3,(H,23,24,25). The Balaban J connectivity index is 1.57. The van der Waals surface area contributed by atoms with Crippen LogP contribution >= 0.6 is 11.6 Å². The second-order valence-corrected chi connectivity index (χ2v) is 7.11. The summed E-state index contributed by atoms with van der Waals surface area (Å²) in [6.07, 6.45) is 2.38.